The molecule has 0 saturated heterocycles. The third-order valence-corrected chi connectivity index (χ3v) is 5.08. The maximum atomic E-state index is 12.7. The largest absolute Gasteiger partial charge is 0.494 e. The van der Waals surface area contributed by atoms with Gasteiger partial charge in [-0.2, -0.15) is 5.26 Å². The van der Waals surface area contributed by atoms with E-state index in [0.29, 0.717) is 23.6 Å². The minimum Gasteiger partial charge on any atom is -0.494 e. The first-order valence-corrected chi connectivity index (χ1v) is 10.4. The molecular weight excluding hydrogens is 418 g/mol. The van der Waals surface area contributed by atoms with E-state index in [0.717, 1.165) is 22.6 Å². The van der Waals surface area contributed by atoms with E-state index in [-0.39, 0.29) is 5.57 Å². The zero-order valence-corrected chi connectivity index (χ0v) is 19.0. The Hall–Kier alpha value is -4.31. The highest BCUT2D eigenvalue weighted by Crippen LogP contribution is 2.24. The Morgan fingerprint density at radius 1 is 1.12 bits per heavy atom. The molecule has 7 heteroatoms. The number of nitrogens with zero attached hydrogens (tertiary/aromatic N) is 2. The van der Waals surface area contributed by atoms with Gasteiger partial charge in [0.25, 0.3) is 5.91 Å². The number of esters is 1. The summed E-state index contributed by atoms with van der Waals surface area (Å²) in [5.41, 5.74) is 4.37. The average Bonchev–Trinajstić information content (AvgIpc) is 3.10. The summed E-state index contributed by atoms with van der Waals surface area (Å²) in [4.78, 5) is 24.4. The third-order valence-electron chi connectivity index (χ3n) is 5.08. The van der Waals surface area contributed by atoms with Crippen LogP contribution in [0.1, 0.15) is 34.2 Å². The number of carbonyl (C=O) groups is 2. The molecule has 0 fully saturated rings. The van der Waals surface area contributed by atoms with Crippen molar-refractivity contribution in [3.8, 4) is 17.5 Å². The molecule has 0 atom stereocenters. The van der Waals surface area contributed by atoms with Gasteiger partial charge < -0.3 is 19.4 Å². The van der Waals surface area contributed by atoms with Crippen LogP contribution >= 0.6 is 0 Å². The number of nitriles is 1. The summed E-state index contributed by atoms with van der Waals surface area (Å²) in [6.07, 6.45) is 1.57. The van der Waals surface area contributed by atoms with E-state index in [1.165, 1.54) is 7.11 Å². The highest BCUT2D eigenvalue weighted by Gasteiger charge is 2.15. The summed E-state index contributed by atoms with van der Waals surface area (Å²) >= 11 is 0. The van der Waals surface area contributed by atoms with Gasteiger partial charge in [0.15, 0.2) is 0 Å². The molecule has 0 radical (unpaired) electrons. The predicted octanol–water partition coefficient (Wildman–Crippen LogP) is 4.83. The third kappa shape index (κ3) is 5.31. The number of aromatic nitrogens is 1. The summed E-state index contributed by atoms with van der Waals surface area (Å²) in [7, 11) is 1.34. The number of anilines is 1. The maximum absolute atomic E-state index is 12.7. The van der Waals surface area contributed by atoms with E-state index in [2.05, 4.69) is 5.32 Å². The molecule has 2 aromatic carbocycles. The Kier molecular flexibility index (Phi) is 7.31. The fourth-order valence-corrected chi connectivity index (χ4v) is 3.53. The van der Waals surface area contributed by atoms with Gasteiger partial charge in [0.2, 0.25) is 0 Å². The lowest BCUT2D eigenvalue weighted by Gasteiger charge is -2.10. The van der Waals surface area contributed by atoms with Crippen LogP contribution in [-0.2, 0) is 9.53 Å². The van der Waals surface area contributed by atoms with Crippen LogP contribution in [0.25, 0.3) is 11.8 Å². The van der Waals surface area contributed by atoms with E-state index in [4.69, 9.17) is 9.47 Å². The van der Waals surface area contributed by atoms with Crippen LogP contribution in [-0.4, -0.2) is 30.2 Å². The van der Waals surface area contributed by atoms with Crippen molar-refractivity contribution in [3.05, 3.63) is 82.7 Å². The van der Waals surface area contributed by atoms with Gasteiger partial charge >= 0.3 is 5.97 Å². The minimum absolute atomic E-state index is 0.0156. The van der Waals surface area contributed by atoms with Crippen LogP contribution in [0.5, 0.6) is 5.75 Å². The number of ether oxygens (including phenoxy) is 2. The van der Waals surface area contributed by atoms with Crippen molar-refractivity contribution >= 4 is 23.6 Å². The molecule has 0 unspecified atom stereocenters. The number of hydrogen-bond acceptors (Lipinski definition) is 5. The summed E-state index contributed by atoms with van der Waals surface area (Å²) in [6, 6.07) is 17.9. The van der Waals surface area contributed by atoms with E-state index in [9.17, 15) is 14.9 Å². The number of methoxy groups -OCH3 is 1. The molecule has 0 bridgehead atoms. The monoisotopic (exact) mass is 443 g/mol. The van der Waals surface area contributed by atoms with Gasteiger partial charge in [-0.1, -0.05) is 6.07 Å². The second kappa shape index (κ2) is 10.3. The molecule has 33 heavy (non-hydrogen) atoms. The number of hydrogen-bond donors (Lipinski definition) is 1. The number of rotatable bonds is 7. The standard InChI is InChI=1S/C26H25N3O4/c1-5-33-24-8-6-7-22(15-24)28-25(30)21(16-27)14-20-13-17(2)29(18(20)3)23-11-9-19(10-12-23)26(31)32-4/h6-15H,5H2,1-4H3,(H,28,30)/b21-14+. The normalized spacial score (nSPS) is 10.9. The van der Waals surface area contributed by atoms with Crippen molar-refractivity contribution in [2.45, 2.75) is 20.8 Å². The van der Waals surface area contributed by atoms with Crippen LogP contribution < -0.4 is 10.1 Å². The molecular formula is C26H25N3O4. The second-order valence-electron chi connectivity index (χ2n) is 7.29. The molecule has 168 valence electrons. The Morgan fingerprint density at radius 2 is 1.85 bits per heavy atom. The first-order chi connectivity index (χ1) is 15.9. The summed E-state index contributed by atoms with van der Waals surface area (Å²) < 4.78 is 12.2. The first kappa shape index (κ1) is 23.4. The van der Waals surface area contributed by atoms with Crippen molar-refractivity contribution in [3.63, 3.8) is 0 Å². The molecule has 0 spiro atoms. The van der Waals surface area contributed by atoms with Crippen molar-refractivity contribution in [1.82, 2.24) is 4.57 Å². The van der Waals surface area contributed by atoms with E-state index < -0.39 is 11.9 Å². The summed E-state index contributed by atoms with van der Waals surface area (Å²) in [6.45, 7) is 6.24. The van der Waals surface area contributed by atoms with Gasteiger partial charge in [-0.15, -0.1) is 0 Å². The average molecular weight is 444 g/mol. The second-order valence-corrected chi connectivity index (χ2v) is 7.29. The quantitative estimate of drug-likeness (QED) is 0.321. The van der Waals surface area contributed by atoms with Crippen molar-refractivity contribution in [1.29, 1.82) is 5.26 Å². The highest BCUT2D eigenvalue weighted by atomic mass is 16.5. The number of benzene rings is 2. The lowest BCUT2D eigenvalue weighted by atomic mass is 10.1. The number of aryl methyl sites for hydroxylation is 1. The molecule has 0 aliphatic heterocycles. The molecule has 3 aromatic rings. The van der Waals surface area contributed by atoms with Crippen molar-refractivity contribution in [2.75, 3.05) is 19.0 Å². The van der Waals surface area contributed by atoms with E-state index in [1.807, 2.05) is 49.6 Å². The Bertz CT molecular complexity index is 1250. The lowest BCUT2D eigenvalue weighted by molar-refractivity contribution is -0.112. The van der Waals surface area contributed by atoms with Crippen LogP contribution in [0, 0.1) is 25.2 Å². The zero-order valence-electron chi connectivity index (χ0n) is 19.0. The molecule has 0 aliphatic rings. The Balaban J connectivity index is 1.87. The lowest BCUT2D eigenvalue weighted by Crippen LogP contribution is -2.13. The fraction of sp³-hybridized carbons (Fsp3) is 0.192. The summed E-state index contributed by atoms with van der Waals surface area (Å²) in [5.74, 6) is -0.263. The molecule has 1 aromatic heterocycles. The van der Waals surface area contributed by atoms with Crippen molar-refractivity contribution in [2.24, 2.45) is 0 Å². The van der Waals surface area contributed by atoms with E-state index >= 15 is 0 Å². The SMILES string of the molecule is CCOc1cccc(NC(=O)/C(C#N)=C/c2cc(C)n(-c3ccc(C(=O)OC)cc3)c2C)c1. The highest BCUT2D eigenvalue weighted by molar-refractivity contribution is 6.09. The first-order valence-electron chi connectivity index (χ1n) is 10.4. The van der Waals surface area contributed by atoms with Gasteiger partial charge in [-0.3, -0.25) is 4.79 Å². The molecule has 1 amide bonds. The Labute approximate surface area is 192 Å². The molecule has 0 aliphatic carbocycles. The van der Waals surface area contributed by atoms with Gasteiger partial charge in [-0.25, -0.2) is 4.79 Å². The van der Waals surface area contributed by atoms with Crippen LogP contribution in [0.3, 0.4) is 0 Å². The number of carbonyl (C=O) groups excluding carboxylic acids is 2. The predicted molar refractivity (Wildman–Crippen MR) is 126 cm³/mol. The van der Waals surface area contributed by atoms with Crippen LogP contribution in [0.15, 0.2) is 60.2 Å². The maximum Gasteiger partial charge on any atom is 0.337 e. The fourth-order valence-electron chi connectivity index (χ4n) is 3.53. The molecule has 0 saturated carbocycles. The number of amides is 1. The smallest absolute Gasteiger partial charge is 0.337 e. The van der Waals surface area contributed by atoms with Gasteiger partial charge in [-0.05, 0) is 74.9 Å². The topological polar surface area (TPSA) is 93.4 Å². The van der Waals surface area contributed by atoms with E-state index in [1.54, 1.807) is 42.5 Å². The van der Waals surface area contributed by atoms with Crippen LogP contribution in [0.4, 0.5) is 5.69 Å². The minimum atomic E-state index is -0.501. The number of nitrogens with one attached hydrogen (secondary N) is 1. The Morgan fingerprint density at radius 3 is 2.48 bits per heavy atom. The van der Waals surface area contributed by atoms with Crippen molar-refractivity contribution < 1.29 is 19.1 Å². The molecule has 1 heterocycles. The van der Waals surface area contributed by atoms with Gasteiger partial charge in [0.1, 0.15) is 17.4 Å². The molecule has 1 N–H and O–H groups in total. The summed E-state index contributed by atoms with van der Waals surface area (Å²) in [5, 5.41) is 12.4. The molecule has 3 rings (SSSR count). The van der Waals surface area contributed by atoms with Crippen LogP contribution in [0.2, 0.25) is 0 Å². The zero-order chi connectivity index (χ0) is 24.0. The van der Waals surface area contributed by atoms with Gasteiger partial charge in [0.05, 0.1) is 19.3 Å². The van der Waals surface area contributed by atoms with Gasteiger partial charge in [0, 0.05) is 28.8 Å². The molecule has 7 nitrogen and oxygen atoms in total.